The second-order valence-electron chi connectivity index (χ2n) is 4.39. The van der Waals surface area contributed by atoms with Crippen LogP contribution < -0.4 is 10.1 Å². The first kappa shape index (κ1) is 11.6. The summed E-state index contributed by atoms with van der Waals surface area (Å²) in [7, 11) is 1.69. The molecule has 0 atom stereocenters. The van der Waals surface area contributed by atoms with E-state index in [4.69, 9.17) is 4.74 Å². The first-order valence-corrected chi connectivity index (χ1v) is 6.23. The molecule has 0 spiro atoms. The number of benzene rings is 1. The molecule has 3 aromatic rings. The SMILES string of the molecule is COc1ccc2[nH]cc(CCNc3cn[nH]c3)c2c1. The highest BCUT2D eigenvalue weighted by Gasteiger charge is 2.05. The van der Waals surface area contributed by atoms with Gasteiger partial charge in [-0.15, -0.1) is 0 Å². The third-order valence-electron chi connectivity index (χ3n) is 3.20. The summed E-state index contributed by atoms with van der Waals surface area (Å²) >= 11 is 0. The molecule has 0 saturated heterocycles. The average Bonchev–Trinajstić information content (AvgIpc) is 3.08. The van der Waals surface area contributed by atoms with E-state index in [1.165, 1.54) is 10.9 Å². The number of rotatable bonds is 5. The molecule has 1 aromatic carbocycles. The highest BCUT2D eigenvalue weighted by Crippen LogP contribution is 2.23. The number of hydrogen-bond donors (Lipinski definition) is 3. The van der Waals surface area contributed by atoms with E-state index >= 15 is 0 Å². The van der Waals surface area contributed by atoms with Gasteiger partial charge in [-0.1, -0.05) is 0 Å². The van der Waals surface area contributed by atoms with Gasteiger partial charge in [-0.2, -0.15) is 5.10 Å². The van der Waals surface area contributed by atoms with Crippen molar-refractivity contribution in [3.63, 3.8) is 0 Å². The van der Waals surface area contributed by atoms with Crippen molar-refractivity contribution in [3.05, 3.63) is 42.4 Å². The smallest absolute Gasteiger partial charge is 0.119 e. The lowest BCUT2D eigenvalue weighted by atomic mass is 10.1. The van der Waals surface area contributed by atoms with Crippen molar-refractivity contribution in [2.75, 3.05) is 19.0 Å². The van der Waals surface area contributed by atoms with Crippen LogP contribution in [0.5, 0.6) is 5.75 Å². The van der Waals surface area contributed by atoms with Crippen molar-refractivity contribution in [2.45, 2.75) is 6.42 Å². The molecule has 0 aliphatic rings. The van der Waals surface area contributed by atoms with Crippen LogP contribution in [0.4, 0.5) is 5.69 Å². The van der Waals surface area contributed by atoms with Crippen LogP contribution in [-0.2, 0) is 6.42 Å². The molecule has 5 nitrogen and oxygen atoms in total. The van der Waals surface area contributed by atoms with Crippen LogP contribution in [-0.4, -0.2) is 28.8 Å². The van der Waals surface area contributed by atoms with E-state index in [-0.39, 0.29) is 0 Å². The first-order chi connectivity index (χ1) is 9.36. The van der Waals surface area contributed by atoms with Crippen LogP contribution in [0.25, 0.3) is 10.9 Å². The minimum atomic E-state index is 0.865. The molecule has 2 aromatic heterocycles. The van der Waals surface area contributed by atoms with E-state index in [0.717, 1.165) is 29.9 Å². The zero-order chi connectivity index (χ0) is 13.1. The van der Waals surface area contributed by atoms with Gasteiger partial charge in [-0.3, -0.25) is 5.10 Å². The summed E-state index contributed by atoms with van der Waals surface area (Å²) in [5.74, 6) is 0.885. The van der Waals surface area contributed by atoms with Crippen molar-refractivity contribution in [1.82, 2.24) is 15.2 Å². The Bertz CT molecular complexity index is 657. The molecule has 0 saturated carbocycles. The maximum absolute atomic E-state index is 5.27. The molecule has 98 valence electrons. The largest absolute Gasteiger partial charge is 0.497 e. The molecule has 0 bridgehead atoms. The molecule has 0 fully saturated rings. The van der Waals surface area contributed by atoms with Crippen molar-refractivity contribution >= 4 is 16.6 Å². The van der Waals surface area contributed by atoms with E-state index < -0.39 is 0 Å². The Morgan fingerprint density at radius 2 is 2.26 bits per heavy atom. The number of methoxy groups -OCH3 is 1. The standard InChI is InChI=1S/C14H16N4O/c1-19-12-2-3-14-13(6-12)10(7-16-14)4-5-15-11-8-17-18-9-11/h2-3,6-9,15-16H,4-5H2,1H3,(H,17,18). The van der Waals surface area contributed by atoms with Gasteiger partial charge in [0.15, 0.2) is 0 Å². The van der Waals surface area contributed by atoms with Crippen LogP contribution in [0, 0.1) is 0 Å². The van der Waals surface area contributed by atoms with E-state index in [1.54, 1.807) is 13.3 Å². The summed E-state index contributed by atoms with van der Waals surface area (Å²) in [4.78, 5) is 3.28. The number of aromatic nitrogens is 3. The van der Waals surface area contributed by atoms with Crippen molar-refractivity contribution < 1.29 is 4.74 Å². The van der Waals surface area contributed by atoms with Crippen molar-refractivity contribution in [2.24, 2.45) is 0 Å². The van der Waals surface area contributed by atoms with Gasteiger partial charge < -0.3 is 15.0 Å². The van der Waals surface area contributed by atoms with Gasteiger partial charge in [0.05, 0.1) is 19.0 Å². The quantitative estimate of drug-likeness (QED) is 0.657. The Kier molecular flexibility index (Phi) is 3.10. The number of H-pyrrole nitrogens is 2. The lowest BCUT2D eigenvalue weighted by molar-refractivity contribution is 0.415. The lowest BCUT2D eigenvalue weighted by Gasteiger charge is -2.03. The Hall–Kier alpha value is -2.43. The third-order valence-corrected chi connectivity index (χ3v) is 3.20. The summed E-state index contributed by atoms with van der Waals surface area (Å²) in [6, 6.07) is 6.08. The van der Waals surface area contributed by atoms with Gasteiger partial charge in [0.2, 0.25) is 0 Å². The Balaban J connectivity index is 1.73. The van der Waals surface area contributed by atoms with Gasteiger partial charge in [-0.05, 0) is 30.2 Å². The second kappa shape index (κ2) is 5.06. The van der Waals surface area contributed by atoms with Crippen LogP contribution in [0.1, 0.15) is 5.56 Å². The molecule has 0 unspecified atom stereocenters. The fourth-order valence-electron chi connectivity index (χ4n) is 2.18. The molecule has 3 N–H and O–H groups in total. The van der Waals surface area contributed by atoms with Gasteiger partial charge in [-0.25, -0.2) is 0 Å². The Morgan fingerprint density at radius 3 is 3.05 bits per heavy atom. The molecule has 5 heteroatoms. The summed E-state index contributed by atoms with van der Waals surface area (Å²) in [6.45, 7) is 0.865. The normalized spacial score (nSPS) is 10.8. The first-order valence-electron chi connectivity index (χ1n) is 6.23. The summed E-state index contributed by atoms with van der Waals surface area (Å²) in [5, 5.41) is 11.2. The van der Waals surface area contributed by atoms with Crippen molar-refractivity contribution in [1.29, 1.82) is 0 Å². The monoisotopic (exact) mass is 256 g/mol. The molecule has 2 heterocycles. The van der Waals surface area contributed by atoms with Crippen LogP contribution in [0.2, 0.25) is 0 Å². The number of anilines is 1. The van der Waals surface area contributed by atoms with E-state index in [1.807, 2.05) is 18.3 Å². The number of hydrogen-bond acceptors (Lipinski definition) is 3. The maximum Gasteiger partial charge on any atom is 0.119 e. The summed E-state index contributed by atoms with van der Waals surface area (Å²) < 4.78 is 5.27. The Morgan fingerprint density at radius 1 is 1.32 bits per heavy atom. The highest BCUT2D eigenvalue weighted by atomic mass is 16.5. The summed E-state index contributed by atoms with van der Waals surface area (Å²) in [6.07, 6.45) is 6.62. The van der Waals surface area contributed by atoms with Gasteiger partial charge in [0.25, 0.3) is 0 Å². The fourth-order valence-corrected chi connectivity index (χ4v) is 2.18. The number of nitrogens with zero attached hydrogens (tertiary/aromatic N) is 1. The van der Waals surface area contributed by atoms with E-state index in [2.05, 4.69) is 32.8 Å². The molecule has 0 radical (unpaired) electrons. The van der Waals surface area contributed by atoms with E-state index in [0.29, 0.717) is 0 Å². The average molecular weight is 256 g/mol. The minimum absolute atomic E-state index is 0.865. The predicted molar refractivity (Wildman–Crippen MR) is 75.6 cm³/mol. The second-order valence-corrected chi connectivity index (χ2v) is 4.39. The van der Waals surface area contributed by atoms with Gasteiger partial charge in [0.1, 0.15) is 5.75 Å². The van der Waals surface area contributed by atoms with Crippen LogP contribution >= 0.6 is 0 Å². The summed E-state index contributed by atoms with van der Waals surface area (Å²) in [5.41, 5.74) is 3.43. The topological polar surface area (TPSA) is 65.7 Å². The van der Waals surface area contributed by atoms with E-state index in [9.17, 15) is 0 Å². The molecule has 0 aliphatic heterocycles. The fraction of sp³-hybridized carbons (Fsp3) is 0.214. The molecule has 0 amide bonds. The predicted octanol–water partition coefficient (Wildman–Crippen LogP) is 2.55. The molecule has 3 rings (SSSR count). The molecular formula is C14H16N4O. The lowest BCUT2D eigenvalue weighted by Crippen LogP contribution is -2.03. The number of aromatic amines is 2. The third kappa shape index (κ3) is 2.40. The zero-order valence-electron chi connectivity index (χ0n) is 10.7. The Labute approximate surface area is 111 Å². The van der Waals surface area contributed by atoms with Gasteiger partial charge >= 0.3 is 0 Å². The number of nitrogens with one attached hydrogen (secondary N) is 3. The highest BCUT2D eigenvalue weighted by molar-refractivity contribution is 5.84. The number of fused-ring (bicyclic) bond motifs is 1. The van der Waals surface area contributed by atoms with Gasteiger partial charge in [0, 0.05) is 29.8 Å². The molecular weight excluding hydrogens is 240 g/mol. The number of ether oxygens (including phenoxy) is 1. The maximum atomic E-state index is 5.27. The zero-order valence-corrected chi connectivity index (χ0v) is 10.7. The molecule has 0 aliphatic carbocycles. The molecule has 19 heavy (non-hydrogen) atoms. The van der Waals surface area contributed by atoms with Crippen LogP contribution in [0.3, 0.4) is 0 Å². The van der Waals surface area contributed by atoms with Crippen LogP contribution in [0.15, 0.2) is 36.8 Å². The van der Waals surface area contributed by atoms with Crippen molar-refractivity contribution in [3.8, 4) is 5.75 Å². The minimum Gasteiger partial charge on any atom is -0.497 e.